The SMILES string of the molecule is CC/C=C\C/C=C\C/C=C\C/C=C\C/C=C\CCCC(=O)OC(COC(=O)CCCCC/C=C\C/C=C\C/C=C\CC)COC(=O)CCCCCCCCCCCCCCCCCCCCCC. The maximum atomic E-state index is 12.8. The van der Waals surface area contributed by atoms with Gasteiger partial charge in [0.1, 0.15) is 13.2 Å². The molecule has 6 nitrogen and oxygen atoms in total. The normalized spacial score (nSPS) is 12.8. The van der Waals surface area contributed by atoms with Crippen molar-refractivity contribution >= 4 is 17.9 Å². The van der Waals surface area contributed by atoms with E-state index in [1.807, 2.05) is 0 Å². The topological polar surface area (TPSA) is 78.9 Å². The lowest BCUT2D eigenvalue weighted by molar-refractivity contribution is -0.167. The Morgan fingerprint density at radius 1 is 0.309 bits per heavy atom. The highest BCUT2D eigenvalue weighted by atomic mass is 16.6. The zero-order valence-corrected chi connectivity index (χ0v) is 44.3. The van der Waals surface area contributed by atoms with Gasteiger partial charge in [-0.1, -0.05) is 246 Å². The van der Waals surface area contributed by atoms with Crippen molar-refractivity contribution in [1.82, 2.24) is 0 Å². The summed E-state index contributed by atoms with van der Waals surface area (Å²) >= 11 is 0. The number of hydrogen-bond acceptors (Lipinski definition) is 6. The summed E-state index contributed by atoms with van der Waals surface area (Å²) in [5, 5.41) is 0. The molecule has 0 aromatic heterocycles. The molecule has 68 heavy (non-hydrogen) atoms. The van der Waals surface area contributed by atoms with E-state index in [0.717, 1.165) is 103 Å². The third-order valence-electron chi connectivity index (χ3n) is 11.8. The Labute approximate surface area is 419 Å². The average molecular weight is 946 g/mol. The number of carbonyl (C=O) groups excluding carboxylic acids is 3. The lowest BCUT2D eigenvalue weighted by atomic mass is 10.0. The van der Waals surface area contributed by atoms with E-state index in [4.69, 9.17) is 14.2 Å². The molecule has 0 saturated heterocycles. The fourth-order valence-electron chi connectivity index (χ4n) is 7.67. The van der Waals surface area contributed by atoms with Crippen molar-refractivity contribution in [2.45, 2.75) is 264 Å². The summed E-state index contributed by atoms with van der Waals surface area (Å²) in [6.07, 6.45) is 74.1. The molecular weight excluding hydrogens is 841 g/mol. The summed E-state index contributed by atoms with van der Waals surface area (Å²) in [5.41, 5.74) is 0. The van der Waals surface area contributed by atoms with Gasteiger partial charge in [0, 0.05) is 19.3 Å². The molecule has 6 heteroatoms. The van der Waals surface area contributed by atoms with E-state index >= 15 is 0 Å². The van der Waals surface area contributed by atoms with Crippen LogP contribution >= 0.6 is 0 Å². The van der Waals surface area contributed by atoms with Crippen molar-refractivity contribution in [3.63, 3.8) is 0 Å². The molecular formula is C62H104O6. The predicted octanol–water partition coefficient (Wildman–Crippen LogP) is 18.9. The molecule has 0 aliphatic carbocycles. The minimum absolute atomic E-state index is 0.108. The Bertz CT molecular complexity index is 1360. The minimum Gasteiger partial charge on any atom is -0.462 e. The third kappa shape index (κ3) is 53.3. The highest BCUT2D eigenvalue weighted by molar-refractivity contribution is 5.71. The van der Waals surface area contributed by atoms with Gasteiger partial charge in [0.05, 0.1) is 0 Å². The molecule has 0 bridgehead atoms. The number of ether oxygens (including phenoxy) is 3. The summed E-state index contributed by atoms with van der Waals surface area (Å²) in [6, 6.07) is 0. The van der Waals surface area contributed by atoms with Crippen LogP contribution in [0.2, 0.25) is 0 Å². The summed E-state index contributed by atoms with van der Waals surface area (Å²) in [7, 11) is 0. The molecule has 1 atom stereocenters. The summed E-state index contributed by atoms with van der Waals surface area (Å²) in [5.74, 6) is -0.995. The Balaban J connectivity index is 4.44. The van der Waals surface area contributed by atoms with E-state index in [2.05, 4.69) is 118 Å². The number of hydrogen-bond donors (Lipinski definition) is 0. The van der Waals surface area contributed by atoms with Crippen LogP contribution in [-0.2, 0) is 28.6 Å². The molecule has 0 rings (SSSR count). The first-order valence-corrected chi connectivity index (χ1v) is 28.2. The lowest BCUT2D eigenvalue weighted by Crippen LogP contribution is -2.30. The minimum atomic E-state index is -0.819. The van der Waals surface area contributed by atoms with Crippen LogP contribution in [-0.4, -0.2) is 37.2 Å². The van der Waals surface area contributed by atoms with E-state index in [0.29, 0.717) is 19.3 Å². The summed E-state index contributed by atoms with van der Waals surface area (Å²) in [6.45, 7) is 6.35. The quantitative estimate of drug-likeness (QED) is 0.0262. The first kappa shape index (κ1) is 64.3. The largest absolute Gasteiger partial charge is 0.462 e. The molecule has 0 heterocycles. The van der Waals surface area contributed by atoms with E-state index in [1.54, 1.807) is 0 Å². The second-order valence-corrected chi connectivity index (χ2v) is 18.4. The summed E-state index contributed by atoms with van der Waals surface area (Å²) in [4.78, 5) is 38.1. The molecule has 0 radical (unpaired) electrons. The first-order valence-electron chi connectivity index (χ1n) is 28.2. The predicted molar refractivity (Wildman–Crippen MR) is 293 cm³/mol. The maximum Gasteiger partial charge on any atom is 0.306 e. The Morgan fingerprint density at radius 3 is 0.941 bits per heavy atom. The molecule has 0 spiro atoms. The number of unbranched alkanes of at least 4 members (excludes halogenated alkanes) is 23. The van der Waals surface area contributed by atoms with E-state index in [1.165, 1.54) is 109 Å². The molecule has 0 aliphatic rings. The van der Waals surface area contributed by atoms with Gasteiger partial charge in [0.25, 0.3) is 0 Å². The van der Waals surface area contributed by atoms with Crippen molar-refractivity contribution in [1.29, 1.82) is 0 Å². The molecule has 0 aliphatic heterocycles. The van der Waals surface area contributed by atoms with Crippen LogP contribution in [0.1, 0.15) is 258 Å². The van der Waals surface area contributed by atoms with E-state index < -0.39 is 6.10 Å². The van der Waals surface area contributed by atoms with Gasteiger partial charge < -0.3 is 14.2 Å². The zero-order chi connectivity index (χ0) is 49.3. The fraction of sp³-hybridized carbons (Fsp3) is 0.694. The standard InChI is InChI=1S/C62H104O6/c1-4-7-10-13-16-19-22-25-27-29-30-31-33-34-37-40-43-46-49-52-55-61(64)67-58-59(57-66-60(63)54-51-48-45-42-39-36-24-21-18-15-12-9-6-3)68-62(65)56-53-50-47-44-41-38-35-32-28-26-23-20-17-14-11-8-5-2/h8-9,11-12,17-18,20-21,26,28,35-36,38-39,44,47,59H,4-7,10,13-16,19,22-25,27,29-34,37,40-43,45-46,48-58H2,1-3H3/b11-8-,12-9-,20-17-,21-18-,28-26-,38-35-,39-36-,47-44-. The molecule has 0 amide bonds. The van der Waals surface area contributed by atoms with Gasteiger partial charge in [-0.15, -0.1) is 0 Å². The molecule has 0 fully saturated rings. The maximum absolute atomic E-state index is 12.8. The molecule has 0 aromatic rings. The van der Waals surface area contributed by atoms with Crippen LogP contribution < -0.4 is 0 Å². The average Bonchev–Trinajstić information content (AvgIpc) is 3.34. The van der Waals surface area contributed by atoms with Crippen LogP contribution in [0.25, 0.3) is 0 Å². The Hall–Kier alpha value is -3.67. The van der Waals surface area contributed by atoms with E-state index in [-0.39, 0.29) is 37.5 Å². The monoisotopic (exact) mass is 945 g/mol. The lowest BCUT2D eigenvalue weighted by Gasteiger charge is -2.18. The highest BCUT2D eigenvalue weighted by Gasteiger charge is 2.19. The van der Waals surface area contributed by atoms with Gasteiger partial charge in [0.15, 0.2) is 6.10 Å². The van der Waals surface area contributed by atoms with Crippen LogP contribution in [0, 0.1) is 0 Å². The zero-order valence-electron chi connectivity index (χ0n) is 44.3. The molecule has 0 saturated carbocycles. The van der Waals surface area contributed by atoms with Gasteiger partial charge in [-0.3, -0.25) is 14.4 Å². The first-order chi connectivity index (χ1) is 33.5. The van der Waals surface area contributed by atoms with E-state index in [9.17, 15) is 14.4 Å². The van der Waals surface area contributed by atoms with Crippen molar-refractivity contribution < 1.29 is 28.6 Å². The molecule has 1 unspecified atom stereocenters. The van der Waals surface area contributed by atoms with Crippen LogP contribution in [0.15, 0.2) is 97.2 Å². The molecule has 0 N–H and O–H groups in total. The van der Waals surface area contributed by atoms with Gasteiger partial charge >= 0.3 is 17.9 Å². The second kappa shape index (κ2) is 55.9. The second-order valence-electron chi connectivity index (χ2n) is 18.4. The van der Waals surface area contributed by atoms with Gasteiger partial charge in [0.2, 0.25) is 0 Å². The highest BCUT2D eigenvalue weighted by Crippen LogP contribution is 2.16. The van der Waals surface area contributed by atoms with Gasteiger partial charge in [-0.2, -0.15) is 0 Å². The van der Waals surface area contributed by atoms with Crippen LogP contribution in [0.5, 0.6) is 0 Å². The number of rotatable bonds is 50. The van der Waals surface area contributed by atoms with Crippen LogP contribution in [0.3, 0.4) is 0 Å². The van der Waals surface area contributed by atoms with Crippen molar-refractivity contribution in [3.8, 4) is 0 Å². The van der Waals surface area contributed by atoms with Gasteiger partial charge in [-0.25, -0.2) is 0 Å². The van der Waals surface area contributed by atoms with Crippen molar-refractivity contribution in [3.05, 3.63) is 97.2 Å². The molecule has 388 valence electrons. The number of esters is 3. The Kier molecular flexibility index (Phi) is 52.9. The molecule has 0 aromatic carbocycles. The third-order valence-corrected chi connectivity index (χ3v) is 11.8. The smallest absolute Gasteiger partial charge is 0.306 e. The summed E-state index contributed by atoms with van der Waals surface area (Å²) < 4.78 is 16.8. The Morgan fingerprint density at radius 2 is 0.588 bits per heavy atom. The van der Waals surface area contributed by atoms with Crippen molar-refractivity contribution in [2.24, 2.45) is 0 Å². The van der Waals surface area contributed by atoms with Gasteiger partial charge in [-0.05, 0) is 89.9 Å². The van der Waals surface area contributed by atoms with Crippen LogP contribution in [0.4, 0.5) is 0 Å². The number of allylic oxidation sites excluding steroid dienone is 16. The number of carbonyl (C=O) groups is 3. The fourth-order valence-corrected chi connectivity index (χ4v) is 7.67. The van der Waals surface area contributed by atoms with Crippen molar-refractivity contribution in [2.75, 3.05) is 13.2 Å².